The van der Waals surface area contributed by atoms with E-state index in [1.165, 1.54) is 39.8 Å². The van der Waals surface area contributed by atoms with Gasteiger partial charge in [0.05, 0.1) is 18.7 Å². The molecule has 0 saturated carbocycles. The number of carboxylic acid groups (broad SMARTS) is 1. The van der Waals surface area contributed by atoms with Crippen molar-refractivity contribution >= 4 is 57.8 Å². The van der Waals surface area contributed by atoms with Crippen LogP contribution in [0.4, 0.5) is 5.13 Å². The van der Waals surface area contributed by atoms with E-state index in [1.54, 1.807) is 10.1 Å². The number of hydrogen-bond acceptors (Lipinski definition) is 12. The Balaban J connectivity index is 1.39. The summed E-state index contributed by atoms with van der Waals surface area (Å²) in [6.07, 6.45) is 0.00114. The number of aliphatic carboxylic acids is 1. The van der Waals surface area contributed by atoms with E-state index in [0.717, 1.165) is 13.1 Å². The highest BCUT2D eigenvalue weighted by molar-refractivity contribution is 8.01. The minimum Gasteiger partial charge on any atom is -0.477 e. The predicted octanol–water partition coefficient (Wildman–Crippen LogP) is -0.263. The molecule has 0 bridgehead atoms. The maximum atomic E-state index is 12.8. The lowest BCUT2D eigenvalue weighted by Gasteiger charge is -2.49. The van der Waals surface area contributed by atoms with Gasteiger partial charge in [0.2, 0.25) is 11.1 Å². The fourth-order valence-corrected chi connectivity index (χ4v) is 6.55. The summed E-state index contributed by atoms with van der Waals surface area (Å²) in [5.74, 6) is -1.24. The van der Waals surface area contributed by atoms with Crippen LogP contribution in [-0.2, 0) is 27.3 Å². The number of nitrogens with two attached hydrogens (primary N) is 1. The van der Waals surface area contributed by atoms with Crippen molar-refractivity contribution in [3.8, 4) is 0 Å². The van der Waals surface area contributed by atoms with Crippen LogP contribution in [0.1, 0.15) is 12.6 Å². The number of anilines is 1. The van der Waals surface area contributed by atoms with Crippen molar-refractivity contribution in [2.24, 2.45) is 0 Å². The number of nitrogen functional groups attached to an aromatic ring is 1. The third-order valence-electron chi connectivity index (χ3n) is 5.59. The molecule has 4 N–H and O–H groups in total. The average Bonchev–Trinajstić information content (AvgIpc) is 3.46. The highest BCUT2D eigenvalue weighted by atomic mass is 32.2. The van der Waals surface area contributed by atoms with Crippen LogP contribution in [-0.4, -0.2) is 101 Å². The maximum Gasteiger partial charge on any atom is 0.352 e. The van der Waals surface area contributed by atoms with Gasteiger partial charge in [-0.15, -0.1) is 28.2 Å². The lowest BCUT2D eigenvalue weighted by molar-refractivity contribution is -0.150. The van der Waals surface area contributed by atoms with Gasteiger partial charge in [-0.3, -0.25) is 14.5 Å². The van der Waals surface area contributed by atoms with Gasteiger partial charge >= 0.3 is 5.97 Å². The van der Waals surface area contributed by atoms with E-state index in [4.69, 9.17) is 5.73 Å². The first-order valence-electron chi connectivity index (χ1n) is 10.7. The molecule has 4 heterocycles. The largest absolute Gasteiger partial charge is 0.477 e. The van der Waals surface area contributed by atoms with E-state index in [2.05, 4.69) is 37.6 Å². The van der Waals surface area contributed by atoms with Crippen LogP contribution in [0.15, 0.2) is 21.8 Å². The predicted molar refractivity (Wildman–Crippen MR) is 132 cm³/mol. The maximum absolute atomic E-state index is 12.8. The van der Waals surface area contributed by atoms with Gasteiger partial charge in [-0.05, 0) is 29.6 Å². The molecule has 2 aromatic rings. The number of tetrazole rings is 1. The van der Waals surface area contributed by atoms with E-state index >= 15 is 0 Å². The van der Waals surface area contributed by atoms with Crippen molar-refractivity contribution in [1.29, 1.82) is 0 Å². The number of carbonyl (C=O) groups excluding carboxylic acids is 2. The first-order valence-corrected chi connectivity index (χ1v) is 13.7. The SMILES string of the molecule is CCN(C)CCn1nnnc1SCC1=C(C(=O)O)N2C(=O)[C@@H](NC(=O)Cc3csc(N)n3)[C@H]2SC1. The van der Waals surface area contributed by atoms with Gasteiger partial charge < -0.3 is 21.1 Å². The Kier molecular flexibility index (Phi) is 7.93. The molecule has 2 aliphatic heterocycles. The van der Waals surface area contributed by atoms with Crippen LogP contribution in [0, 0.1) is 0 Å². The molecule has 188 valence electrons. The highest BCUT2D eigenvalue weighted by Crippen LogP contribution is 2.41. The second kappa shape index (κ2) is 10.9. The number of hydrogen-bond donors (Lipinski definition) is 3. The van der Waals surface area contributed by atoms with Crippen molar-refractivity contribution in [3.05, 3.63) is 22.3 Å². The van der Waals surface area contributed by atoms with E-state index in [-0.39, 0.29) is 18.0 Å². The van der Waals surface area contributed by atoms with Gasteiger partial charge in [0, 0.05) is 23.4 Å². The number of thiazole rings is 1. The molecule has 35 heavy (non-hydrogen) atoms. The lowest BCUT2D eigenvalue weighted by Crippen LogP contribution is -2.70. The lowest BCUT2D eigenvalue weighted by atomic mass is 10.0. The van der Waals surface area contributed by atoms with Crippen LogP contribution < -0.4 is 11.1 Å². The summed E-state index contributed by atoms with van der Waals surface area (Å²) in [6, 6.07) is -0.783. The van der Waals surface area contributed by atoms with Gasteiger partial charge in [-0.25, -0.2) is 14.5 Å². The zero-order valence-electron chi connectivity index (χ0n) is 19.1. The molecule has 0 radical (unpaired) electrons. The summed E-state index contributed by atoms with van der Waals surface area (Å²) in [7, 11) is 2.01. The van der Waals surface area contributed by atoms with Crippen molar-refractivity contribution in [2.45, 2.75) is 36.5 Å². The molecule has 1 saturated heterocycles. The van der Waals surface area contributed by atoms with Gasteiger partial charge in [-0.1, -0.05) is 18.7 Å². The summed E-state index contributed by atoms with van der Waals surface area (Å²) < 4.78 is 1.69. The Morgan fingerprint density at radius 2 is 2.23 bits per heavy atom. The van der Waals surface area contributed by atoms with Gasteiger partial charge in [0.1, 0.15) is 17.1 Å². The van der Waals surface area contributed by atoms with Gasteiger partial charge in [0.25, 0.3) is 5.91 Å². The number of rotatable bonds is 11. The molecular formula is C19H25N9O4S3. The van der Waals surface area contributed by atoms with Crippen molar-refractivity contribution in [2.75, 3.05) is 37.4 Å². The number of likely N-dealkylation sites (N-methyl/N-ethyl adjacent to an activating group) is 1. The van der Waals surface area contributed by atoms with Crippen molar-refractivity contribution in [3.63, 3.8) is 0 Å². The monoisotopic (exact) mass is 539 g/mol. The molecule has 2 aliphatic rings. The first kappa shape index (κ1) is 25.4. The Morgan fingerprint density at radius 3 is 2.91 bits per heavy atom. The number of carboxylic acids is 1. The Morgan fingerprint density at radius 1 is 1.43 bits per heavy atom. The average molecular weight is 540 g/mol. The molecule has 0 unspecified atom stereocenters. The number of amides is 2. The topological polar surface area (TPSA) is 172 Å². The Bertz CT molecular complexity index is 1150. The van der Waals surface area contributed by atoms with Crippen molar-refractivity contribution in [1.82, 2.24) is 40.3 Å². The third-order valence-corrected chi connectivity index (χ3v) is 8.69. The van der Waals surface area contributed by atoms with Crippen LogP contribution in [0.3, 0.4) is 0 Å². The molecule has 1 fully saturated rings. The first-order chi connectivity index (χ1) is 16.8. The standard InChI is InChI=1S/C19H25N9O4S3/c1-3-26(2)4-5-27-19(23-24-25-27)35-8-10-7-33-16-13(15(30)28(16)14(10)17(31)32)22-12(29)6-11-9-34-18(20)21-11/h9,13,16H,3-8H2,1-2H3,(H2,20,21)(H,22,29)(H,31,32)/t13-,16-/m1/s1. The normalized spacial score (nSPS) is 19.6. The van der Waals surface area contributed by atoms with E-state index in [1.807, 2.05) is 7.05 Å². The van der Waals surface area contributed by atoms with Crippen molar-refractivity contribution < 1.29 is 19.5 Å². The molecule has 4 rings (SSSR count). The number of nitrogens with zero attached hydrogens (tertiary/aromatic N) is 7. The summed E-state index contributed by atoms with van der Waals surface area (Å²) in [5.41, 5.74) is 6.70. The Hall–Kier alpha value is -2.69. The number of β-lactam (4-membered cyclic amide) rings is 1. The zero-order valence-corrected chi connectivity index (χ0v) is 21.5. The summed E-state index contributed by atoms with van der Waals surface area (Å²) >= 11 is 3.99. The minimum absolute atomic E-state index is 0.00114. The number of thioether (sulfide) groups is 2. The van der Waals surface area contributed by atoms with Crippen LogP contribution in [0.5, 0.6) is 0 Å². The molecule has 0 spiro atoms. The quantitative estimate of drug-likeness (QED) is 0.253. The summed E-state index contributed by atoms with van der Waals surface area (Å²) in [4.78, 5) is 44.7. The zero-order chi connectivity index (χ0) is 25.1. The Labute approximate surface area is 213 Å². The summed E-state index contributed by atoms with van der Waals surface area (Å²) in [5, 5.41) is 26.5. The number of aromatic nitrogens is 5. The van der Waals surface area contributed by atoms with E-state index in [0.29, 0.717) is 39.6 Å². The highest BCUT2D eigenvalue weighted by Gasteiger charge is 2.54. The van der Waals surface area contributed by atoms with Crippen LogP contribution in [0.2, 0.25) is 0 Å². The number of nitrogens with one attached hydrogen (secondary N) is 1. The number of carbonyl (C=O) groups is 3. The minimum atomic E-state index is -1.17. The van der Waals surface area contributed by atoms with E-state index < -0.39 is 23.3 Å². The molecule has 0 aliphatic carbocycles. The fourth-order valence-electron chi connectivity index (χ4n) is 3.60. The molecule has 2 amide bonds. The molecule has 2 aromatic heterocycles. The molecule has 16 heteroatoms. The molecular weight excluding hydrogens is 514 g/mol. The second-order valence-electron chi connectivity index (χ2n) is 7.94. The molecule has 0 aromatic carbocycles. The fraction of sp³-hybridized carbons (Fsp3) is 0.526. The smallest absolute Gasteiger partial charge is 0.352 e. The molecule has 13 nitrogen and oxygen atoms in total. The molecule has 2 atom stereocenters. The second-order valence-corrected chi connectivity index (χ2v) is 10.9. The number of fused-ring (bicyclic) bond motifs is 1. The van der Waals surface area contributed by atoms with Gasteiger partial charge in [-0.2, -0.15) is 0 Å². The van der Waals surface area contributed by atoms with Crippen LogP contribution >= 0.6 is 34.9 Å². The third kappa shape index (κ3) is 5.60. The summed E-state index contributed by atoms with van der Waals surface area (Å²) in [6.45, 7) is 4.36. The van der Waals surface area contributed by atoms with Gasteiger partial charge in [0.15, 0.2) is 5.13 Å². The van der Waals surface area contributed by atoms with Crippen LogP contribution in [0.25, 0.3) is 0 Å². The van der Waals surface area contributed by atoms with E-state index in [9.17, 15) is 19.5 Å².